The molecule has 3 rings (SSSR count). The van der Waals surface area contributed by atoms with Crippen molar-refractivity contribution in [2.24, 2.45) is 0 Å². The van der Waals surface area contributed by atoms with E-state index in [0.29, 0.717) is 10.0 Å². The Kier molecular flexibility index (Phi) is 4.90. The lowest BCUT2D eigenvalue weighted by Crippen LogP contribution is -1.96. The molecule has 0 spiro atoms. The molecule has 2 aromatic heterocycles. The van der Waals surface area contributed by atoms with E-state index in [9.17, 15) is 0 Å². The van der Waals surface area contributed by atoms with Gasteiger partial charge in [-0.1, -0.05) is 42.3 Å². The van der Waals surface area contributed by atoms with Crippen molar-refractivity contribution in [3.8, 4) is 21.8 Å². The number of imidazole rings is 1. The Bertz CT molecular complexity index is 849. The third-order valence-corrected chi connectivity index (χ3v) is 5.42. The molecular weight excluding hydrogens is 347 g/mol. The molecule has 0 bridgehead atoms. The Morgan fingerprint density at radius 3 is 2.78 bits per heavy atom. The monoisotopic (exact) mass is 362 g/mol. The van der Waals surface area contributed by atoms with Crippen molar-refractivity contribution in [1.29, 1.82) is 0 Å². The third-order valence-electron chi connectivity index (χ3n) is 3.60. The Balaban J connectivity index is 2.19. The highest BCUT2D eigenvalue weighted by molar-refractivity contribution is 7.16. The number of hydrogen-bond acceptors (Lipinski definition) is 2. The van der Waals surface area contributed by atoms with Crippen LogP contribution in [0.25, 0.3) is 21.8 Å². The van der Waals surface area contributed by atoms with Gasteiger partial charge in [-0.3, -0.25) is 0 Å². The topological polar surface area (TPSA) is 17.8 Å². The molecule has 0 fully saturated rings. The van der Waals surface area contributed by atoms with Gasteiger partial charge in [0.05, 0.1) is 4.88 Å². The van der Waals surface area contributed by atoms with Gasteiger partial charge in [0.2, 0.25) is 0 Å². The fourth-order valence-corrected chi connectivity index (χ4v) is 4.13. The Hall–Kier alpha value is -1.55. The number of allylic oxidation sites excluding steroid dienone is 1. The van der Waals surface area contributed by atoms with Crippen LogP contribution in [0, 0.1) is 0 Å². The molecule has 0 aliphatic rings. The largest absolute Gasteiger partial charge is 0.326 e. The second-order valence-electron chi connectivity index (χ2n) is 5.13. The van der Waals surface area contributed by atoms with E-state index < -0.39 is 0 Å². The minimum Gasteiger partial charge on any atom is -0.326 e. The molecule has 3 aromatic rings. The van der Waals surface area contributed by atoms with Gasteiger partial charge < -0.3 is 4.57 Å². The van der Waals surface area contributed by atoms with Crippen LogP contribution < -0.4 is 0 Å². The second-order valence-corrected chi connectivity index (χ2v) is 7.11. The van der Waals surface area contributed by atoms with E-state index in [1.807, 2.05) is 30.6 Å². The van der Waals surface area contributed by atoms with Crippen LogP contribution in [0.4, 0.5) is 0 Å². The van der Waals surface area contributed by atoms with Gasteiger partial charge in [0.15, 0.2) is 5.82 Å². The molecular formula is C18H16Cl2N2S. The summed E-state index contributed by atoms with van der Waals surface area (Å²) < 4.78 is 2.09. The van der Waals surface area contributed by atoms with Crippen molar-refractivity contribution in [2.45, 2.75) is 19.9 Å². The summed E-state index contributed by atoms with van der Waals surface area (Å²) in [5, 5.41) is 1.29. The van der Waals surface area contributed by atoms with Crippen LogP contribution in [0.3, 0.4) is 0 Å². The van der Waals surface area contributed by atoms with Crippen molar-refractivity contribution in [1.82, 2.24) is 9.55 Å². The fraction of sp³-hybridized carbons (Fsp3) is 0.167. The molecule has 0 aliphatic heterocycles. The van der Waals surface area contributed by atoms with Crippen LogP contribution in [0.1, 0.15) is 11.8 Å². The summed E-state index contributed by atoms with van der Waals surface area (Å²) in [5.41, 5.74) is 2.08. The number of rotatable bonds is 5. The molecule has 118 valence electrons. The van der Waals surface area contributed by atoms with Crippen molar-refractivity contribution < 1.29 is 0 Å². The summed E-state index contributed by atoms with van der Waals surface area (Å²) in [6, 6.07) is 7.81. The maximum atomic E-state index is 6.43. The van der Waals surface area contributed by atoms with Gasteiger partial charge in [-0.2, -0.15) is 0 Å². The van der Waals surface area contributed by atoms with Gasteiger partial charge in [-0.05, 0) is 24.6 Å². The SMILES string of the molecule is C=CCn1ccnc1-c1sc(CC)cc1-c1ccc(Cl)cc1Cl. The molecule has 0 saturated heterocycles. The van der Waals surface area contributed by atoms with Gasteiger partial charge in [0.1, 0.15) is 0 Å². The average Bonchev–Trinajstić information content (AvgIpc) is 3.14. The zero-order valence-corrected chi connectivity index (χ0v) is 15.0. The third kappa shape index (κ3) is 3.23. The molecule has 0 saturated carbocycles. The van der Waals surface area contributed by atoms with Crippen LogP contribution in [0.2, 0.25) is 10.0 Å². The molecule has 0 N–H and O–H groups in total. The number of thiophene rings is 1. The highest BCUT2D eigenvalue weighted by atomic mass is 35.5. The number of benzene rings is 1. The first-order chi connectivity index (χ1) is 11.1. The molecule has 2 heterocycles. The van der Waals surface area contributed by atoms with Crippen LogP contribution in [0.15, 0.2) is 49.3 Å². The van der Waals surface area contributed by atoms with Gasteiger partial charge in [-0.15, -0.1) is 17.9 Å². The highest BCUT2D eigenvalue weighted by Gasteiger charge is 2.18. The number of aryl methyl sites for hydroxylation is 1. The molecule has 0 aliphatic carbocycles. The lowest BCUT2D eigenvalue weighted by atomic mass is 10.1. The van der Waals surface area contributed by atoms with Crippen LogP contribution in [-0.2, 0) is 13.0 Å². The van der Waals surface area contributed by atoms with Gasteiger partial charge >= 0.3 is 0 Å². The van der Waals surface area contributed by atoms with Gasteiger partial charge in [-0.25, -0.2) is 4.98 Å². The maximum Gasteiger partial charge on any atom is 0.150 e. The Morgan fingerprint density at radius 2 is 2.09 bits per heavy atom. The lowest BCUT2D eigenvalue weighted by Gasteiger charge is -2.08. The molecule has 23 heavy (non-hydrogen) atoms. The average molecular weight is 363 g/mol. The van der Waals surface area contributed by atoms with Crippen molar-refractivity contribution in [3.63, 3.8) is 0 Å². The second kappa shape index (κ2) is 6.91. The predicted molar refractivity (Wildman–Crippen MR) is 101 cm³/mol. The summed E-state index contributed by atoms with van der Waals surface area (Å²) in [6.45, 7) is 6.69. The summed E-state index contributed by atoms with van der Waals surface area (Å²) in [6.07, 6.45) is 6.63. The molecule has 0 atom stereocenters. The lowest BCUT2D eigenvalue weighted by molar-refractivity contribution is 0.834. The van der Waals surface area contributed by atoms with E-state index in [2.05, 4.69) is 29.1 Å². The first kappa shape index (κ1) is 16.3. The first-order valence-corrected chi connectivity index (χ1v) is 8.91. The molecule has 0 radical (unpaired) electrons. The van der Waals surface area contributed by atoms with Crippen molar-refractivity contribution in [3.05, 3.63) is 64.2 Å². The Morgan fingerprint density at radius 1 is 1.26 bits per heavy atom. The Labute approximate surface area is 150 Å². The number of hydrogen-bond donors (Lipinski definition) is 0. The first-order valence-electron chi connectivity index (χ1n) is 7.34. The number of nitrogens with zero attached hydrogens (tertiary/aromatic N) is 2. The number of halogens is 2. The van der Waals surface area contributed by atoms with E-state index in [-0.39, 0.29) is 0 Å². The van der Waals surface area contributed by atoms with Gasteiger partial charge in [0, 0.05) is 45.0 Å². The summed E-state index contributed by atoms with van der Waals surface area (Å²) >= 11 is 14.2. The minimum absolute atomic E-state index is 0.638. The fourth-order valence-electron chi connectivity index (χ4n) is 2.50. The molecule has 2 nitrogen and oxygen atoms in total. The van der Waals surface area contributed by atoms with Crippen LogP contribution >= 0.6 is 34.5 Å². The zero-order valence-electron chi connectivity index (χ0n) is 12.7. The normalized spacial score (nSPS) is 10.9. The molecule has 5 heteroatoms. The quantitative estimate of drug-likeness (QED) is 0.484. The minimum atomic E-state index is 0.638. The summed E-state index contributed by atoms with van der Waals surface area (Å²) in [5.74, 6) is 0.940. The highest BCUT2D eigenvalue weighted by Crippen LogP contribution is 2.42. The van der Waals surface area contributed by atoms with E-state index in [1.54, 1.807) is 17.4 Å². The standard InChI is InChI=1S/C18H16Cl2N2S/c1-3-8-22-9-7-21-18(22)17-15(11-13(4-2)23-17)14-6-5-12(19)10-16(14)20/h3,5-7,9-11H,1,4,8H2,2H3. The number of aromatic nitrogens is 2. The van der Waals surface area contributed by atoms with Crippen molar-refractivity contribution >= 4 is 34.5 Å². The molecule has 1 aromatic carbocycles. The van der Waals surface area contributed by atoms with Crippen LogP contribution in [-0.4, -0.2) is 9.55 Å². The smallest absolute Gasteiger partial charge is 0.150 e. The van der Waals surface area contributed by atoms with E-state index >= 15 is 0 Å². The van der Waals surface area contributed by atoms with E-state index in [1.165, 1.54) is 4.88 Å². The zero-order chi connectivity index (χ0) is 16.4. The van der Waals surface area contributed by atoms with E-state index in [4.69, 9.17) is 23.2 Å². The predicted octanol–water partition coefficient (Wildman–Crippen LogP) is 6.33. The molecule has 0 amide bonds. The van der Waals surface area contributed by atoms with Gasteiger partial charge in [0.25, 0.3) is 0 Å². The molecule has 0 unspecified atom stereocenters. The summed E-state index contributed by atoms with van der Waals surface area (Å²) in [7, 11) is 0. The van der Waals surface area contributed by atoms with Crippen molar-refractivity contribution in [2.75, 3.05) is 0 Å². The van der Waals surface area contributed by atoms with E-state index in [0.717, 1.165) is 34.8 Å². The summed E-state index contributed by atoms with van der Waals surface area (Å²) in [4.78, 5) is 6.97. The maximum absolute atomic E-state index is 6.43. The van der Waals surface area contributed by atoms with Crippen LogP contribution in [0.5, 0.6) is 0 Å².